The van der Waals surface area contributed by atoms with E-state index in [1.165, 1.54) is 40.3 Å². The summed E-state index contributed by atoms with van der Waals surface area (Å²) in [4.78, 5) is 1.46. The SMILES string of the molecule is Cn1nccc1-c1ccc2c(c1)CCCS2. The first kappa shape index (κ1) is 9.97. The Hall–Kier alpha value is -1.22. The fraction of sp³-hybridized carbons (Fsp3) is 0.308. The number of aryl methyl sites for hydroxylation is 2. The third-order valence-electron chi connectivity index (χ3n) is 3.03. The van der Waals surface area contributed by atoms with E-state index in [9.17, 15) is 0 Å². The maximum Gasteiger partial charge on any atom is 0.0678 e. The van der Waals surface area contributed by atoms with Gasteiger partial charge in [-0.05, 0) is 42.4 Å². The Balaban J connectivity index is 2.06. The maximum atomic E-state index is 4.22. The Morgan fingerprint density at radius 1 is 1.31 bits per heavy atom. The first-order valence-corrected chi connectivity index (χ1v) is 6.57. The highest BCUT2D eigenvalue weighted by atomic mass is 32.2. The van der Waals surface area contributed by atoms with Crippen molar-refractivity contribution in [3.63, 3.8) is 0 Å². The average Bonchev–Trinajstić information content (AvgIpc) is 2.75. The van der Waals surface area contributed by atoms with Crippen LogP contribution in [0.5, 0.6) is 0 Å². The molecule has 0 spiro atoms. The summed E-state index contributed by atoms with van der Waals surface area (Å²) in [6.45, 7) is 0. The van der Waals surface area contributed by atoms with Crippen LogP contribution in [-0.2, 0) is 13.5 Å². The van der Waals surface area contributed by atoms with E-state index in [2.05, 4.69) is 29.4 Å². The highest BCUT2D eigenvalue weighted by molar-refractivity contribution is 7.99. The fourth-order valence-corrected chi connectivity index (χ4v) is 3.20. The minimum atomic E-state index is 1.19. The molecule has 2 nitrogen and oxygen atoms in total. The molecule has 1 aliphatic rings. The number of hydrogen-bond acceptors (Lipinski definition) is 2. The lowest BCUT2D eigenvalue weighted by Gasteiger charge is -2.16. The molecule has 1 aromatic carbocycles. The molecule has 0 fully saturated rings. The number of fused-ring (bicyclic) bond motifs is 1. The van der Waals surface area contributed by atoms with Gasteiger partial charge in [0.25, 0.3) is 0 Å². The highest BCUT2D eigenvalue weighted by Gasteiger charge is 2.11. The fourth-order valence-electron chi connectivity index (χ4n) is 2.18. The largest absolute Gasteiger partial charge is 0.268 e. The van der Waals surface area contributed by atoms with Crippen LogP contribution in [0.15, 0.2) is 35.4 Å². The van der Waals surface area contributed by atoms with Gasteiger partial charge in [-0.3, -0.25) is 4.68 Å². The van der Waals surface area contributed by atoms with Crippen LogP contribution in [0.3, 0.4) is 0 Å². The summed E-state index contributed by atoms with van der Waals surface area (Å²) in [6, 6.07) is 8.84. The zero-order valence-electron chi connectivity index (χ0n) is 9.31. The second-order valence-corrected chi connectivity index (χ2v) is 5.25. The van der Waals surface area contributed by atoms with Gasteiger partial charge in [0.05, 0.1) is 5.69 Å². The maximum absolute atomic E-state index is 4.22. The molecule has 0 saturated heterocycles. The average molecular weight is 230 g/mol. The number of rotatable bonds is 1. The lowest BCUT2D eigenvalue weighted by molar-refractivity contribution is 0.775. The molecule has 82 valence electrons. The van der Waals surface area contributed by atoms with Crippen LogP contribution >= 0.6 is 11.8 Å². The molecule has 1 aliphatic heterocycles. The summed E-state index contributed by atoms with van der Waals surface area (Å²) < 4.78 is 1.93. The Morgan fingerprint density at radius 2 is 2.25 bits per heavy atom. The van der Waals surface area contributed by atoms with Crippen molar-refractivity contribution in [2.24, 2.45) is 7.05 Å². The molecule has 16 heavy (non-hydrogen) atoms. The van der Waals surface area contributed by atoms with Crippen LogP contribution < -0.4 is 0 Å². The molecule has 3 heteroatoms. The van der Waals surface area contributed by atoms with E-state index in [0.717, 1.165) is 0 Å². The van der Waals surface area contributed by atoms with Crippen molar-refractivity contribution >= 4 is 11.8 Å². The molecule has 2 heterocycles. The summed E-state index contributed by atoms with van der Waals surface area (Å²) in [6.07, 6.45) is 4.37. The van der Waals surface area contributed by atoms with Crippen LogP contribution in [-0.4, -0.2) is 15.5 Å². The molecular weight excluding hydrogens is 216 g/mol. The van der Waals surface area contributed by atoms with Gasteiger partial charge in [-0.15, -0.1) is 11.8 Å². The van der Waals surface area contributed by atoms with Gasteiger partial charge in [0.1, 0.15) is 0 Å². The second kappa shape index (κ2) is 3.98. The third kappa shape index (κ3) is 1.65. The molecule has 0 unspecified atom stereocenters. The molecule has 0 saturated carbocycles. The summed E-state index contributed by atoms with van der Waals surface area (Å²) in [5, 5.41) is 4.22. The van der Waals surface area contributed by atoms with Gasteiger partial charge in [-0.25, -0.2) is 0 Å². The lowest BCUT2D eigenvalue weighted by atomic mass is 10.0. The second-order valence-electron chi connectivity index (χ2n) is 4.11. The number of benzene rings is 1. The van der Waals surface area contributed by atoms with Crippen molar-refractivity contribution in [1.82, 2.24) is 9.78 Å². The van der Waals surface area contributed by atoms with Gasteiger partial charge in [0, 0.05) is 23.7 Å². The van der Waals surface area contributed by atoms with Crippen LogP contribution in [0.4, 0.5) is 0 Å². The quantitative estimate of drug-likeness (QED) is 0.749. The molecule has 0 radical (unpaired) electrons. The Bertz CT molecular complexity index is 516. The van der Waals surface area contributed by atoms with E-state index in [0.29, 0.717) is 0 Å². The summed E-state index contributed by atoms with van der Waals surface area (Å²) in [5.74, 6) is 1.26. The molecule has 0 atom stereocenters. The van der Waals surface area contributed by atoms with Crippen molar-refractivity contribution in [3.8, 4) is 11.3 Å². The Kier molecular flexibility index (Phi) is 2.48. The van der Waals surface area contributed by atoms with Crippen molar-refractivity contribution in [2.75, 3.05) is 5.75 Å². The molecule has 0 aliphatic carbocycles. The van der Waals surface area contributed by atoms with Gasteiger partial charge in [-0.1, -0.05) is 6.07 Å². The standard InChI is InChI=1S/C13H14N2S/c1-15-12(6-7-14-15)10-4-5-13-11(9-10)3-2-8-16-13/h4-7,9H,2-3,8H2,1H3. The van der Waals surface area contributed by atoms with Crippen LogP contribution in [0, 0.1) is 0 Å². The van der Waals surface area contributed by atoms with E-state index < -0.39 is 0 Å². The molecule has 0 bridgehead atoms. The van der Waals surface area contributed by atoms with Crippen molar-refractivity contribution in [1.29, 1.82) is 0 Å². The van der Waals surface area contributed by atoms with Crippen LogP contribution in [0.2, 0.25) is 0 Å². The summed E-state index contributed by atoms with van der Waals surface area (Å²) in [7, 11) is 1.99. The van der Waals surface area contributed by atoms with E-state index in [1.54, 1.807) is 0 Å². The lowest BCUT2D eigenvalue weighted by Crippen LogP contribution is -1.99. The number of hydrogen-bond donors (Lipinski definition) is 0. The molecule has 0 N–H and O–H groups in total. The van der Waals surface area contributed by atoms with Gasteiger partial charge in [-0.2, -0.15) is 5.10 Å². The Labute approximate surface area is 99.7 Å². The van der Waals surface area contributed by atoms with Crippen LogP contribution in [0.25, 0.3) is 11.3 Å². The van der Waals surface area contributed by atoms with E-state index >= 15 is 0 Å². The smallest absolute Gasteiger partial charge is 0.0678 e. The number of nitrogens with zero attached hydrogens (tertiary/aromatic N) is 2. The zero-order chi connectivity index (χ0) is 11.0. The first-order chi connectivity index (χ1) is 7.84. The summed E-state index contributed by atoms with van der Waals surface area (Å²) >= 11 is 1.98. The van der Waals surface area contributed by atoms with Crippen LogP contribution in [0.1, 0.15) is 12.0 Å². The topological polar surface area (TPSA) is 17.8 Å². The van der Waals surface area contributed by atoms with Crippen molar-refractivity contribution in [2.45, 2.75) is 17.7 Å². The van der Waals surface area contributed by atoms with Gasteiger partial charge >= 0.3 is 0 Å². The number of aromatic nitrogens is 2. The van der Waals surface area contributed by atoms with Gasteiger partial charge < -0.3 is 0 Å². The van der Waals surface area contributed by atoms with Gasteiger partial charge in [0.15, 0.2) is 0 Å². The third-order valence-corrected chi connectivity index (χ3v) is 4.23. The molecule has 0 amide bonds. The summed E-state index contributed by atoms with van der Waals surface area (Å²) in [5.41, 5.74) is 3.97. The monoisotopic (exact) mass is 230 g/mol. The van der Waals surface area contributed by atoms with Gasteiger partial charge in [0.2, 0.25) is 0 Å². The minimum Gasteiger partial charge on any atom is -0.268 e. The number of thioether (sulfide) groups is 1. The first-order valence-electron chi connectivity index (χ1n) is 5.59. The predicted molar refractivity (Wildman–Crippen MR) is 67.7 cm³/mol. The zero-order valence-corrected chi connectivity index (χ0v) is 10.1. The van der Waals surface area contributed by atoms with E-state index in [4.69, 9.17) is 0 Å². The normalized spacial score (nSPS) is 14.8. The van der Waals surface area contributed by atoms with E-state index in [1.807, 2.05) is 29.7 Å². The molecule has 1 aromatic heterocycles. The van der Waals surface area contributed by atoms with Crippen molar-refractivity contribution < 1.29 is 0 Å². The molecular formula is C13H14N2S. The van der Waals surface area contributed by atoms with E-state index in [-0.39, 0.29) is 0 Å². The predicted octanol–water partition coefficient (Wildman–Crippen LogP) is 3.13. The highest BCUT2D eigenvalue weighted by Crippen LogP contribution is 2.32. The minimum absolute atomic E-state index is 1.19. The molecule has 2 aromatic rings. The Morgan fingerprint density at radius 3 is 3.06 bits per heavy atom. The van der Waals surface area contributed by atoms with Crippen molar-refractivity contribution in [3.05, 3.63) is 36.0 Å². The molecule has 3 rings (SSSR count).